The van der Waals surface area contributed by atoms with E-state index < -0.39 is 0 Å². The maximum Gasteiger partial charge on any atom is 0.224 e. The van der Waals surface area contributed by atoms with E-state index in [1.165, 1.54) is 0 Å². The summed E-state index contributed by atoms with van der Waals surface area (Å²) < 4.78 is 0. The minimum absolute atomic E-state index is 0.0817. The van der Waals surface area contributed by atoms with Crippen molar-refractivity contribution in [3.05, 3.63) is 29.8 Å². The third-order valence-electron chi connectivity index (χ3n) is 2.47. The summed E-state index contributed by atoms with van der Waals surface area (Å²) in [5, 5.41) is 2.92. The van der Waals surface area contributed by atoms with Crippen molar-refractivity contribution in [1.29, 1.82) is 0 Å². The quantitative estimate of drug-likeness (QED) is 0.754. The van der Waals surface area contributed by atoms with Gasteiger partial charge in [0.25, 0.3) is 0 Å². The van der Waals surface area contributed by atoms with Gasteiger partial charge in [0.15, 0.2) is 0 Å². The van der Waals surface area contributed by atoms with E-state index in [-0.39, 0.29) is 11.4 Å². The molecule has 0 atom stereocenters. The summed E-state index contributed by atoms with van der Waals surface area (Å²) in [6.45, 7) is 6.05. The molecule has 0 aliphatic carbocycles. The highest BCUT2D eigenvalue weighted by Crippen LogP contribution is 2.13. The van der Waals surface area contributed by atoms with Crippen molar-refractivity contribution in [3.63, 3.8) is 0 Å². The molecule has 1 amide bonds. The predicted molar refractivity (Wildman–Crippen MR) is 84.6 cm³/mol. The van der Waals surface area contributed by atoms with Gasteiger partial charge in [-0.3, -0.25) is 4.79 Å². The normalized spacial score (nSPS) is 11.4. The zero-order valence-electron chi connectivity index (χ0n) is 12.0. The first-order valence-corrected chi connectivity index (χ1v) is 7.75. The van der Waals surface area contributed by atoms with Crippen LogP contribution in [0.1, 0.15) is 32.3 Å². The lowest BCUT2D eigenvalue weighted by atomic mass is 10.1. The van der Waals surface area contributed by atoms with Crippen LogP contribution < -0.4 is 11.1 Å². The van der Waals surface area contributed by atoms with Crippen LogP contribution in [0.25, 0.3) is 0 Å². The minimum Gasteiger partial charge on any atom is -0.326 e. The number of thioether (sulfide) groups is 1. The summed E-state index contributed by atoms with van der Waals surface area (Å²) in [5.74, 6) is 1.98. The summed E-state index contributed by atoms with van der Waals surface area (Å²) in [4.78, 5) is 11.7. The van der Waals surface area contributed by atoms with E-state index in [1.54, 1.807) is 11.8 Å². The average Bonchev–Trinajstić information content (AvgIpc) is 2.26. The van der Waals surface area contributed by atoms with E-state index in [0.29, 0.717) is 6.42 Å². The Labute approximate surface area is 120 Å². The molecular weight excluding hydrogens is 256 g/mol. The number of benzene rings is 1. The Morgan fingerprint density at radius 1 is 1.42 bits per heavy atom. The molecule has 0 aromatic heterocycles. The third-order valence-corrected chi connectivity index (χ3v) is 3.99. The molecule has 1 rings (SSSR count). The van der Waals surface area contributed by atoms with Gasteiger partial charge in [0, 0.05) is 23.4 Å². The highest BCUT2D eigenvalue weighted by atomic mass is 32.2. The van der Waals surface area contributed by atoms with Crippen LogP contribution in [-0.4, -0.2) is 23.0 Å². The third kappa shape index (κ3) is 7.90. The van der Waals surface area contributed by atoms with Gasteiger partial charge < -0.3 is 11.1 Å². The molecule has 3 nitrogen and oxygen atoms in total. The lowest BCUT2D eigenvalue weighted by Gasteiger charge is -2.17. The predicted octanol–water partition coefficient (Wildman–Crippen LogP) is 3.18. The van der Waals surface area contributed by atoms with E-state index in [0.717, 1.165) is 29.2 Å². The monoisotopic (exact) mass is 280 g/mol. The van der Waals surface area contributed by atoms with Crippen LogP contribution in [0, 0.1) is 6.92 Å². The van der Waals surface area contributed by atoms with E-state index in [2.05, 4.69) is 5.32 Å². The van der Waals surface area contributed by atoms with E-state index in [9.17, 15) is 4.79 Å². The van der Waals surface area contributed by atoms with Gasteiger partial charge in [0.05, 0.1) is 0 Å². The minimum atomic E-state index is -0.130. The molecule has 0 radical (unpaired) electrons. The summed E-state index contributed by atoms with van der Waals surface area (Å²) in [5.41, 5.74) is 7.79. The molecule has 0 spiro atoms. The number of hydrogen-bond acceptors (Lipinski definition) is 3. The Bertz CT molecular complexity index is 413. The van der Waals surface area contributed by atoms with Crippen LogP contribution in [0.15, 0.2) is 24.3 Å². The van der Waals surface area contributed by atoms with Crippen molar-refractivity contribution >= 4 is 23.4 Å². The van der Waals surface area contributed by atoms with Gasteiger partial charge in [0.2, 0.25) is 5.91 Å². The number of nitrogens with two attached hydrogens (primary N) is 1. The summed E-state index contributed by atoms with van der Waals surface area (Å²) in [7, 11) is 0. The van der Waals surface area contributed by atoms with E-state index in [4.69, 9.17) is 5.73 Å². The number of carbonyl (C=O) groups is 1. The van der Waals surface area contributed by atoms with Crippen molar-refractivity contribution in [2.45, 2.75) is 39.2 Å². The van der Waals surface area contributed by atoms with Gasteiger partial charge in [-0.25, -0.2) is 0 Å². The zero-order valence-corrected chi connectivity index (χ0v) is 12.8. The maximum absolute atomic E-state index is 11.7. The highest BCUT2D eigenvalue weighted by Gasteiger charge is 2.10. The number of nitrogens with one attached hydrogen (secondary N) is 1. The molecule has 106 valence electrons. The van der Waals surface area contributed by atoms with Gasteiger partial charge in [-0.2, -0.15) is 11.8 Å². The Hall–Kier alpha value is -1.00. The van der Waals surface area contributed by atoms with E-state index >= 15 is 0 Å². The zero-order chi connectivity index (χ0) is 14.3. The topological polar surface area (TPSA) is 55.1 Å². The number of rotatable bonds is 7. The molecule has 0 aliphatic rings. The maximum atomic E-state index is 11.7. The first-order chi connectivity index (χ1) is 8.87. The van der Waals surface area contributed by atoms with Crippen molar-refractivity contribution in [3.8, 4) is 0 Å². The van der Waals surface area contributed by atoms with Gasteiger partial charge in [-0.1, -0.05) is 12.1 Å². The molecule has 0 saturated heterocycles. The molecule has 0 heterocycles. The second kappa shape index (κ2) is 7.56. The number of hydrogen-bond donors (Lipinski definition) is 2. The molecule has 3 N–H and O–H groups in total. The fraction of sp³-hybridized carbons (Fsp3) is 0.533. The lowest BCUT2D eigenvalue weighted by molar-refractivity contribution is -0.116. The molecule has 0 saturated carbocycles. The van der Waals surface area contributed by atoms with Crippen LogP contribution in [0.3, 0.4) is 0 Å². The fourth-order valence-corrected chi connectivity index (χ4v) is 2.64. The SMILES string of the molecule is Cc1cccc(NC(=O)CCCSCC(C)(C)N)c1. The largest absolute Gasteiger partial charge is 0.326 e. The Kier molecular flexibility index (Phi) is 6.38. The first kappa shape index (κ1) is 16.1. The molecular formula is C15H24N2OS. The molecule has 1 aromatic carbocycles. The molecule has 1 aromatic rings. The van der Waals surface area contributed by atoms with Crippen molar-refractivity contribution < 1.29 is 4.79 Å². The van der Waals surface area contributed by atoms with Gasteiger partial charge in [-0.05, 0) is 50.6 Å². The number of amides is 1. The Balaban J connectivity index is 2.18. The van der Waals surface area contributed by atoms with Crippen molar-refractivity contribution in [2.75, 3.05) is 16.8 Å². The van der Waals surface area contributed by atoms with Crippen LogP contribution in [0.5, 0.6) is 0 Å². The summed E-state index contributed by atoms with van der Waals surface area (Å²) in [6, 6.07) is 7.85. The second-order valence-electron chi connectivity index (χ2n) is 5.56. The Morgan fingerprint density at radius 3 is 2.79 bits per heavy atom. The molecule has 0 unspecified atom stereocenters. The average molecular weight is 280 g/mol. The van der Waals surface area contributed by atoms with Gasteiger partial charge in [0.1, 0.15) is 0 Å². The summed E-state index contributed by atoms with van der Waals surface area (Å²) in [6.07, 6.45) is 1.45. The van der Waals surface area contributed by atoms with Crippen LogP contribution >= 0.6 is 11.8 Å². The Morgan fingerprint density at radius 2 is 2.16 bits per heavy atom. The second-order valence-corrected chi connectivity index (χ2v) is 6.67. The molecule has 4 heteroatoms. The van der Waals surface area contributed by atoms with Crippen LogP contribution in [0.2, 0.25) is 0 Å². The number of anilines is 1. The standard InChI is InChI=1S/C15H24N2OS/c1-12-6-4-7-13(10-12)17-14(18)8-5-9-19-11-15(2,3)16/h4,6-7,10H,5,8-9,11,16H2,1-3H3,(H,17,18). The number of carbonyl (C=O) groups excluding carboxylic acids is 1. The number of aryl methyl sites for hydroxylation is 1. The first-order valence-electron chi connectivity index (χ1n) is 6.60. The van der Waals surface area contributed by atoms with Crippen LogP contribution in [-0.2, 0) is 4.79 Å². The van der Waals surface area contributed by atoms with Crippen LogP contribution in [0.4, 0.5) is 5.69 Å². The highest BCUT2D eigenvalue weighted by molar-refractivity contribution is 7.99. The molecule has 0 bridgehead atoms. The fourth-order valence-electron chi connectivity index (χ4n) is 1.62. The lowest BCUT2D eigenvalue weighted by Crippen LogP contribution is -2.34. The molecule has 0 fully saturated rings. The smallest absolute Gasteiger partial charge is 0.224 e. The van der Waals surface area contributed by atoms with Crippen molar-refractivity contribution in [2.24, 2.45) is 5.73 Å². The molecule has 19 heavy (non-hydrogen) atoms. The van der Waals surface area contributed by atoms with E-state index in [1.807, 2.05) is 45.0 Å². The summed E-state index contributed by atoms with van der Waals surface area (Å²) >= 11 is 1.81. The van der Waals surface area contributed by atoms with Gasteiger partial charge in [-0.15, -0.1) is 0 Å². The van der Waals surface area contributed by atoms with Crippen molar-refractivity contribution in [1.82, 2.24) is 0 Å². The van der Waals surface area contributed by atoms with Gasteiger partial charge >= 0.3 is 0 Å². The molecule has 0 aliphatic heterocycles.